The smallest absolute Gasteiger partial charge is 0.240 e. The van der Waals surface area contributed by atoms with Gasteiger partial charge >= 0.3 is 0 Å². The van der Waals surface area contributed by atoms with E-state index in [4.69, 9.17) is 0 Å². The molecule has 132 valence electrons. The van der Waals surface area contributed by atoms with Crippen LogP contribution in [-0.2, 0) is 20.0 Å². The standard InChI is InChI=1S/C13H21N3O4S2.ClH/c1-14-8-3-9-15-21(17,18)12-4-2-5-13(10-12)22(19,20)16-11-6-7-11;/h2,4-5,10-11,14-16H,3,6-9H2,1H3;1H. The van der Waals surface area contributed by atoms with Gasteiger partial charge in [-0.2, -0.15) is 0 Å². The second kappa shape index (κ2) is 8.41. The van der Waals surface area contributed by atoms with Crippen LogP contribution in [0, 0.1) is 0 Å². The van der Waals surface area contributed by atoms with Crippen LogP contribution >= 0.6 is 12.4 Å². The Morgan fingerprint density at radius 2 is 1.65 bits per heavy atom. The molecule has 1 aliphatic rings. The van der Waals surface area contributed by atoms with Gasteiger partial charge in [0.15, 0.2) is 0 Å². The molecule has 23 heavy (non-hydrogen) atoms. The van der Waals surface area contributed by atoms with Crippen molar-refractivity contribution < 1.29 is 16.8 Å². The lowest BCUT2D eigenvalue weighted by Gasteiger charge is -2.09. The first-order chi connectivity index (χ1) is 10.3. The average Bonchev–Trinajstić information content (AvgIpc) is 3.27. The largest absolute Gasteiger partial charge is 0.320 e. The van der Waals surface area contributed by atoms with Gasteiger partial charge < -0.3 is 5.32 Å². The van der Waals surface area contributed by atoms with Crippen LogP contribution in [-0.4, -0.2) is 43.0 Å². The highest BCUT2D eigenvalue weighted by Crippen LogP contribution is 2.23. The summed E-state index contributed by atoms with van der Waals surface area (Å²) < 4.78 is 53.6. The molecule has 3 N–H and O–H groups in total. The first-order valence-electron chi connectivity index (χ1n) is 7.12. The van der Waals surface area contributed by atoms with E-state index in [2.05, 4.69) is 14.8 Å². The lowest BCUT2D eigenvalue weighted by atomic mass is 10.4. The summed E-state index contributed by atoms with van der Waals surface area (Å²) in [6.07, 6.45) is 2.30. The molecule has 0 heterocycles. The van der Waals surface area contributed by atoms with Crippen molar-refractivity contribution in [2.45, 2.75) is 35.1 Å². The highest BCUT2D eigenvalue weighted by atomic mass is 35.5. The molecular formula is C13H22ClN3O4S2. The number of nitrogens with one attached hydrogen (secondary N) is 3. The Morgan fingerprint density at radius 1 is 1.04 bits per heavy atom. The lowest BCUT2D eigenvalue weighted by molar-refractivity contribution is 0.576. The maximum absolute atomic E-state index is 12.2. The van der Waals surface area contributed by atoms with Gasteiger partial charge in [0.25, 0.3) is 0 Å². The summed E-state index contributed by atoms with van der Waals surface area (Å²) in [6, 6.07) is 5.38. The third kappa shape index (κ3) is 6.02. The molecule has 1 saturated carbocycles. The third-order valence-corrected chi connectivity index (χ3v) is 6.20. The minimum Gasteiger partial charge on any atom is -0.320 e. The molecule has 0 aromatic heterocycles. The van der Waals surface area contributed by atoms with Crippen molar-refractivity contribution in [3.63, 3.8) is 0 Å². The monoisotopic (exact) mass is 383 g/mol. The number of halogens is 1. The number of sulfonamides is 2. The summed E-state index contributed by atoms with van der Waals surface area (Å²) >= 11 is 0. The fourth-order valence-electron chi connectivity index (χ4n) is 1.85. The number of rotatable bonds is 9. The lowest BCUT2D eigenvalue weighted by Crippen LogP contribution is -2.28. The molecule has 0 saturated heterocycles. The molecular weight excluding hydrogens is 362 g/mol. The van der Waals surface area contributed by atoms with E-state index >= 15 is 0 Å². The van der Waals surface area contributed by atoms with Gasteiger partial charge in [0.2, 0.25) is 20.0 Å². The van der Waals surface area contributed by atoms with Crippen LogP contribution in [0.5, 0.6) is 0 Å². The Balaban J connectivity index is 0.00000264. The fraction of sp³-hybridized carbons (Fsp3) is 0.538. The Kier molecular flexibility index (Phi) is 7.43. The van der Waals surface area contributed by atoms with Crippen LogP contribution in [0.2, 0.25) is 0 Å². The first kappa shape index (κ1) is 20.3. The predicted molar refractivity (Wildman–Crippen MR) is 90.8 cm³/mol. The third-order valence-electron chi connectivity index (χ3n) is 3.22. The molecule has 10 heteroatoms. The summed E-state index contributed by atoms with van der Waals surface area (Å²) in [5.41, 5.74) is 0. The normalized spacial score (nSPS) is 15.2. The summed E-state index contributed by atoms with van der Waals surface area (Å²) in [6.45, 7) is 0.989. The molecule has 1 aromatic carbocycles. The second-order valence-corrected chi connectivity index (χ2v) is 8.71. The Hall–Kier alpha value is -0.710. The summed E-state index contributed by atoms with van der Waals surface area (Å²) in [7, 11) is -5.58. The van der Waals surface area contributed by atoms with E-state index in [1.807, 2.05) is 0 Å². The quantitative estimate of drug-likeness (QED) is 0.536. The zero-order valence-corrected chi connectivity index (χ0v) is 15.2. The van der Waals surface area contributed by atoms with Crippen molar-refractivity contribution in [3.05, 3.63) is 24.3 Å². The fourth-order valence-corrected chi connectivity index (χ4v) is 4.40. The SMILES string of the molecule is CNCCCNS(=O)(=O)c1cccc(S(=O)(=O)NC2CC2)c1.Cl. The van der Waals surface area contributed by atoms with Gasteiger partial charge in [0.1, 0.15) is 0 Å². The van der Waals surface area contributed by atoms with E-state index in [1.165, 1.54) is 24.3 Å². The molecule has 1 fully saturated rings. The molecule has 0 atom stereocenters. The van der Waals surface area contributed by atoms with Gasteiger partial charge in [-0.3, -0.25) is 0 Å². The molecule has 1 aliphatic carbocycles. The van der Waals surface area contributed by atoms with E-state index in [1.54, 1.807) is 7.05 Å². The average molecular weight is 384 g/mol. The van der Waals surface area contributed by atoms with Gasteiger partial charge in [-0.1, -0.05) is 6.07 Å². The van der Waals surface area contributed by atoms with Crippen molar-refractivity contribution >= 4 is 32.5 Å². The van der Waals surface area contributed by atoms with E-state index in [0.717, 1.165) is 12.8 Å². The van der Waals surface area contributed by atoms with Crippen molar-refractivity contribution in [3.8, 4) is 0 Å². The minimum absolute atomic E-state index is 0. The van der Waals surface area contributed by atoms with Crippen LogP contribution in [0.1, 0.15) is 19.3 Å². The molecule has 1 aromatic rings. The van der Waals surface area contributed by atoms with Crippen LogP contribution in [0.4, 0.5) is 0 Å². The molecule has 7 nitrogen and oxygen atoms in total. The van der Waals surface area contributed by atoms with Gasteiger partial charge in [0, 0.05) is 12.6 Å². The van der Waals surface area contributed by atoms with Gasteiger partial charge in [-0.15, -0.1) is 12.4 Å². The van der Waals surface area contributed by atoms with E-state index in [0.29, 0.717) is 19.5 Å². The highest BCUT2D eigenvalue weighted by Gasteiger charge is 2.28. The molecule has 0 bridgehead atoms. The summed E-state index contributed by atoms with van der Waals surface area (Å²) in [5.74, 6) is 0. The van der Waals surface area contributed by atoms with Crippen molar-refractivity contribution in [1.82, 2.24) is 14.8 Å². The van der Waals surface area contributed by atoms with Crippen LogP contribution in [0.15, 0.2) is 34.1 Å². The Labute approximate surface area is 143 Å². The zero-order chi connectivity index (χ0) is 16.2. The van der Waals surface area contributed by atoms with E-state index in [-0.39, 0.29) is 28.2 Å². The van der Waals surface area contributed by atoms with E-state index in [9.17, 15) is 16.8 Å². The molecule has 0 amide bonds. The summed E-state index contributed by atoms with van der Waals surface area (Å²) in [4.78, 5) is -0.0758. The first-order valence-corrected chi connectivity index (χ1v) is 10.1. The predicted octanol–water partition coefficient (Wildman–Crippen LogP) is 0.437. The molecule has 0 spiro atoms. The van der Waals surface area contributed by atoms with E-state index < -0.39 is 20.0 Å². The van der Waals surface area contributed by atoms with Crippen molar-refractivity contribution in [2.75, 3.05) is 20.1 Å². The molecule has 0 unspecified atom stereocenters. The zero-order valence-electron chi connectivity index (χ0n) is 12.8. The van der Waals surface area contributed by atoms with Crippen molar-refractivity contribution in [1.29, 1.82) is 0 Å². The Morgan fingerprint density at radius 3 is 2.22 bits per heavy atom. The number of hydrogen-bond donors (Lipinski definition) is 3. The maximum atomic E-state index is 12.2. The van der Waals surface area contributed by atoms with Gasteiger partial charge in [-0.05, 0) is 51.1 Å². The Bertz CT molecular complexity index is 718. The van der Waals surface area contributed by atoms with Crippen LogP contribution in [0.3, 0.4) is 0 Å². The van der Waals surface area contributed by atoms with Crippen LogP contribution in [0.25, 0.3) is 0 Å². The summed E-state index contributed by atoms with van der Waals surface area (Å²) in [5, 5.41) is 2.92. The van der Waals surface area contributed by atoms with Gasteiger partial charge in [-0.25, -0.2) is 26.3 Å². The molecule has 2 rings (SSSR count). The van der Waals surface area contributed by atoms with Crippen LogP contribution < -0.4 is 14.8 Å². The minimum atomic E-state index is -3.71. The second-order valence-electron chi connectivity index (χ2n) is 5.23. The molecule has 0 aliphatic heterocycles. The maximum Gasteiger partial charge on any atom is 0.240 e. The number of hydrogen-bond acceptors (Lipinski definition) is 5. The highest BCUT2D eigenvalue weighted by molar-refractivity contribution is 7.90. The van der Waals surface area contributed by atoms with Gasteiger partial charge in [0.05, 0.1) is 9.79 Å². The number of benzene rings is 1. The van der Waals surface area contributed by atoms with Crippen molar-refractivity contribution in [2.24, 2.45) is 0 Å². The molecule has 0 radical (unpaired) electrons. The topological polar surface area (TPSA) is 104 Å².